The highest BCUT2D eigenvalue weighted by Gasteiger charge is 2.19. The molecule has 38 heavy (non-hydrogen) atoms. The lowest BCUT2D eigenvalue weighted by molar-refractivity contribution is 0.594. The van der Waals surface area contributed by atoms with Gasteiger partial charge >= 0.3 is 5.69 Å². The molecule has 3 aromatic carbocycles. The molecule has 0 N–H and O–H groups in total. The largest absolute Gasteiger partial charge is 0.367 e. The SMILES string of the molecule is O=c1n(Cc2nccn2Cc2ccc(Cl)cc2)nc2c(-c3ccc(Cl)cc3)c(-c3ccc(Cl)cc3)cnn12. The van der Waals surface area contributed by atoms with Crippen LogP contribution in [0, 0.1) is 0 Å². The molecule has 0 amide bonds. The van der Waals surface area contributed by atoms with Crippen molar-refractivity contribution in [2.75, 3.05) is 0 Å². The Balaban J connectivity index is 1.45. The van der Waals surface area contributed by atoms with Crippen molar-refractivity contribution in [3.05, 3.63) is 128 Å². The van der Waals surface area contributed by atoms with Gasteiger partial charge in [0.1, 0.15) is 12.4 Å². The average molecular weight is 562 g/mol. The molecule has 0 saturated carbocycles. The van der Waals surface area contributed by atoms with Gasteiger partial charge in [0.25, 0.3) is 0 Å². The topological polar surface area (TPSA) is 70.0 Å². The zero-order chi connectivity index (χ0) is 26.2. The Kier molecular flexibility index (Phi) is 6.49. The summed E-state index contributed by atoms with van der Waals surface area (Å²) in [7, 11) is 0. The number of benzene rings is 3. The Morgan fingerprint density at radius 3 is 2.00 bits per heavy atom. The normalized spacial score (nSPS) is 11.3. The third kappa shape index (κ3) is 4.72. The highest BCUT2D eigenvalue weighted by atomic mass is 35.5. The van der Waals surface area contributed by atoms with Crippen LogP contribution >= 0.6 is 34.8 Å². The second-order valence-electron chi connectivity index (χ2n) is 8.72. The first-order valence-corrected chi connectivity index (χ1v) is 12.8. The second kappa shape index (κ2) is 10.1. The van der Waals surface area contributed by atoms with E-state index in [-0.39, 0.29) is 12.2 Å². The quantitative estimate of drug-likeness (QED) is 0.233. The van der Waals surface area contributed by atoms with Crippen LogP contribution in [0.2, 0.25) is 15.1 Å². The molecule has 3 heterocycles. The van der Waals surface area contributed by atoms with E-state index in [2.05, 4.69) is 10.1 Å². The van der Waals surface area contributed by atoms with Gasteiger partial charge in [0.05, 0.1) is 6.20 Å². The highest BCUT2D eigenvalue weighted by molar-refractivity contribution is 6.31. The number of hydrogen-bond donors (Lipinski definition) is 0. The van der Waals surface area contributed by atoms with Crippen molar-refractivity contribution in [2.45, 2.75) is 13.1 Å². The molecule has 0 saturated heterocycles. The summed E-state index contributed by atoms with van der Waals surface area (Å²) in [6, 6.07) is 22.5. The van der Waals surface area contributed by atoms with Crippen LogP contribution in [0.15, 0.2) is 96.2 Å². The number of rotatable bonds is 6. The molecule has 0 fully saturated rings. The molecular weight excluding hydrogens is 543 g/mol. The standard InChI is InChI=1S/C28H19Cl3N6O/c29-21-7-1-18(2-8-21)16-35-14-13-32-25(35)17-36-28(38)37-27(34-36)26(20-5-11-23(31)12-6-20)24(15-33-37)19-3-9-22(30)10-4-19/h1-15H,16-17H2. The van der Waals surface area contributed by atoms with Gasteiger partial charge in [0.2, 0.25) is 0 Å². The van der Waals surface area contributed by atoms with Crippen LogP contribution in [0.1, 0.15) is 11.4 Å². The van der Waals surface area contributed by atoms with Crippen molar-refractivity contribution < 1.29 is 0 Å². The van der Waals surface area contributed by atoms with Gasteiger partial charge in [-0.15, -0.1) is 5.10 Å². The fraction of sp³-hybridized carbons (Fsp3) is 0.0714. The molecule has 10 heteroatoms. The number of imidazole rings is 1. The van der Waals surface area contributed by atoms with Gasteiger partial charge in [-0.05, 0) is 53.1 Å². The first-order chi connectivity index (χ1) is 18.5. The van der Waals surface area contributed by atoms with Gasteiger partial charge in [-0.25, -0.2) is 14.5 Å². The minimum absolute atomic E-state index is 0.180. The van der Waals surface area contributed by atoms with Crippen molar-refractivity contribution in [1.82, 2.24) is 28.9 Å². The maximum Gasteiger partial charge on any atom is 0.367 e. The fourth-order valence-corrected chi connectivity index (χ4v) is 4.75. The van der Waals surface area contributed by atoms with E-state index >= 15 is 0 Å². The van der Waals surface area contributed by atoms with E-state index in [9.17, 15) is 4.79 Å². The first-order valence-electron chi connectivity index (χ1n) is 11.7. The summed E-state index contributed by atoms with van der Waals surface area (Å²) in [5.41, 5.74) is 4.47. The molecule has 6 rings (SSSR count). The van der Waals surface area contributed by atoms with Crippen molar-refractivity contribution >= 4 is 40.4 Å². The molecule has 188 valence electrons. The lowest BCUT2D eigenvalue weighted by Crippen LogP contribution is -2.24. The Morgan fingerprint density at radius 2 is 1.34 bits per heavy atom. The van der Waals surface area contributed by atoms with Crippen LogP contribution in [-0.4, -0.2) is 28.9 Å². The zero-order valence-corrected chi connectivity index (χ0v) is 22.1. The Bertz CT molecular complexity index is 1800. The fourth-order valence-electron chi connectivity index (χ4n) is 4.37. The van der Waals surface area contributed by atoms with Crippen LogP contribution in [0.3, 0.4) is 0 Å². The summed E-state index contributed by atoms with van der Waals surface area (Å²) in [6.45, 7) is 0.767. The first kappa shape index (κ1) is 24.4. The number of aromatic nitrogens is 6. The zero-order valence-electron chi connectivity index (χ0n) is 19.8. The van der Waals surface area contributed by atoms with Gasteiger partial charge < -0.3 is 4.57 Å². The molecule has 0 aliphatic carbocycles. The summed E-state index contributed by atoms with van der Waals surface area (Å²) < 4.78 is 4.68. The number of fused-ring (bicyclic) bond motifs is 1. The predicted molar refractivity (Wildman–Crippen MR) is 150 cm³/mol. The van der Waals surface area contributed by atoms with Gasteiger partial charge in [0, 0.05) is 45.1 Å². The molecule has 0 unspecified atom stereocenters. The molecule has 0 atom stereocenters. The van der Waals surface area contributed by atoms with Crippen molar-refractivity contribution in [3.8, 4) is 22.3 Å². The van der Waals surface area contributed by atoms with Crippen LogP contribution in [0.25, 0.3) is 27.9 Å². The lowest BCUT2D eigenvalue weighted by atomic mass is 9.97. The van der Waals surface area contributed by atoms with E-state index in [0.717, 1.165) is 27.8 Å². The number of hydrogen-bond acceptors (Lipinski definition) is 4. The third-order valence-electron chi connectivity index (χ3n) is 6.26. The van der Waals surface area contributed by atoms with Crippen molar-refractivity contribution in [1.29, 1.82) is 0 Å². The molecule has 7 nitrogen and oxygen atoms in total. The van der Waals surface area contributed by atoms with E-state index in [1.54, 1.807) is 12.4 Å². The summed E-state index contributed by atoms with van der Waals surface area (Å²) in [4.78, 5) is 17.9. The average Bonchev–Trinajstić information content (AvgIpc) is 3.49. The van der Waals surface area contributed by atoms with Crippen LogP contribution in [0.4, 0.5) is 0 Å². The molecule has 0 aliphatic rings. The third-order valence-corrected chi connectivity index (χ3v) is 7.02. The summed E-state index contributed by atoms with van der Waals surface area (Å²) in [5, 5.41) is 11.1. The molecular formula is C28H19Cl3N6O. The summed E-state index contributed by atoms with van der Waals surface area (Å²) in [5.74, 6) is 0.691. The Labute approximate surface area is 232 Å². The van der Waals surface area contributed by atoms with Crippen LogP contribution in [-0.2, 0) is 13.1 Å². The second-order valence-corrected chi connectivity index (χ2v) is 10.0. The summed E-state index contributed by atoms with van der Waals surface area (Å²) >= 11 is 18.3. The smallest absolute Gasteiger partial charge is 0.329 e. The van der Waals surface area contributed by atoms with Crippen molar-refractivity contribution in [2.24, 2.45) is 0 Å². The Hall–Kier alpha value is -3.91. The predicted octanol–water partition coefficient (Wildman–Crippen LogP) is 6.48. The van der Waals surface area contributed by atoms with E-state index in [4.69, 9.17) is 39.9 Å². The van der Waals surface area contributed by atoms with Crippen LogP contribution < -0.4 is 5.69 Å². The molecule has 0 aliphatic heterocycles. The molecule has 0 radical (unpaired) electrons. The maximum absolute atomic E-state index is 13.4. The van der Waals surface area contributed by atoms with E-state index in [1.807, 2.05) is 83.6 Å². The van der Waals surface area contributed by atoms with Gasteiger partial charge in [-0.3, -0.25) is 0 Å². The number of nitrogens with zero attached hydrogens (tertiary/aromatic N) is 6. The van der Waals surface area contributed by atoms with E-state index in [0.29, 0.717) is 33.1 Å². The maximum atomic E-state index is 13.4. The minimum atomic E-state index is -0.362. The monoisotopic (exact) mass is 560 g/mol. The van der Waals surface area contributed by atoms with Crippen LogP contribution in [0.5, 0.6) is 0 Å². The molecule has 0 spiro atoms. The van der Waals surface area contributed by atoms with Crippen molar-refractivity contribution in [3.63, 3.8) is 0 Å². The van der Waals surface area contributed by atoms with Gasteiger partial charge in [-0.2, -0.15) is 9.61 Å². The molecule has 6 aromatic rings. The summed E-state index contributed by atoms with van der Waals surface area (Å²) in [6.07, 6.45) is 5.26. The van der Waals surface area contributed by atoms with Gasteiger partial charge in [-0.1, -0.05) is 71.2 Å². The molecule has 3 aromatic heterocycles. The number of halogens is 3. The van der Waals surface area contributed by atoms with E-state index < -0.39 is 0 Å². The lowest BCUT2D eigenvalue weighted by Gasteiger charge is -2.11. The van der Waals surface area contributed by atoms with E-state index in [1.165, 1.54) is 9.20 Å². The molecule has 0 bridgehead atoms. The highest BCUT2D eigenvalue weighted by Crippen LogP contribution is 2.35. The Morgan fingerprint density at radius 1 is 0.737 bits per heavy atom. The van der Waals surface area contributed by atoms with Gasteiger partial charge in [0.15, 0.2) is 5.65 Å². The minimum Gasteiger partial charge on any atom is -0.329 e.